The SMILES string of the molecule is CCN(CCOS(=O)(=O)c1ccc(C)cc1)c1ccc2cc(C(C)=O)ccc2c1. The first-order valence-electron chi connectivity index (χ1n) is 9.56. The smallest absolute Gasteiger partial charge is 0.297 e. The molecule has 0 aliphatic heterocycles. The van der Waals surface area contributed by atoms with Gasteiger partial charge in [0, 0.05) is 24.3 Å². The van der Waals surface area contributed by atoms with Gasteiger partial charge in [-0.1, -0.05) is 35.9 Å². The number of carbonyl (C=O) groups excluding carboxylic acids is 1. The van der Waals surface area contributed by atoms with Gasteiger partial charge in [-0.15, -0.1) is 0 Å². The Kier molecular flexibility index (Phi) is 6.35. The Balaban J connectivity index is 1.70. The lowest BCUT2D eigenvalue weighted by Gasteiger charge is -2.23. The van der Waals surface area contributed by atoms with E-state index >= 15 is 0 Å². The predicted molar refractivity (Wildman–Crippen MR) is 116 cm³/mol. The largest absolute Gasteiger partial charge is 0.369 e. The van der Waals surface area contributed by atoms with Crippen LogP contribution in [0.1, 0.15) is 29.8 Å². The first-order valence-corrected chi connectivity index (χ1v) is 11.0. The van der Waals surface area contributed by atoms with Crippen LogP contribution in [0.3, 0.4) is 0 Å². The molecule has 3 aromatic rings. The molecule has 3 rings (SSSR count). The quantitative estimate of drug-likeness (QED) is 0.401. The van der Waals surface area contributed by atoms with E-state index < -0.39 is 10.1 Å². The summed E-state index contributed by atoms with van der Waals surface area (Å²) in [4.78, 5) is 13.8. The van der Waals surface area contributed by atoms with Crippen LogP contribution >= 0.6 is 0 Å². The summed E-state index contributed by atoms with van der Waals surface area (Å²) in [5, 5.41) is 2.02. The molecule has 0 heterocycles. The van der Waals surface area contributed by atoms with Gasteiger partial charge in [0.05, 0.1) is 11.5 Å². The number of ketones is 1. The number of Topliss-reactive ketones (excluding diaryl/α,β-unsaturated/α-hetero) is 1. The number of anilines is 1. The summed E-state index contributed by atoms with van der Waals surface area (Å²) in [7, 11) is -3.77. The first-order chi connectivity index (χ1) is 13.8. The zero-order chi connectivity index (χ0) is 21.0. The number of benzene rings is 3. The maximum atomic E-state index is 12.3. The first kappa shape index (κ1) is 21.0. The van der Waals surface area contributed by atoms with Crippen molar-refractivity contribution in [2.45, 2.75) is 25.7 Å². The van der Waals surface area contributed by atoms with Crippen LogP contribution in [0.4, 0.5) is 5.69 Å². The van der Waals surface area contributed by atoms with Crippen molar-refractivity contribution in [1.29, 1.82) is 0 Å². The number of likely N-dealkylation sites (N-methyl/N-ethyl adjacent to an activating group) is 1. The molecule has 0 saturated heterocycles. The van der Waals surface area contributed by atoms with Crippen molar-refractivity contribution in [2.75, 3.05) is 24.6 Å². The third kappa shape index (κ3) is 5.02. The van der Waals surface area contributed by atoms with Gasteiger partial charge >= 0.3 is 0 Å². The topological polar surface area (TPSA) is 63.7 Å². The van der Waals surface area contributed by atoms with Crippen molar-refractivity contribution in [1.82, 2.24) is 0 Å². The molecule has 0 unspecified atom stereocenters. The molecule has 0 amide bonds. The fourth-order valence-corrected chi connectivity index (χ4v) is 4.05. The zero-order valence-electron chi connectivity index (χ0n) is 16.9. The number of hydrogen-bond donors (Lipinski definition) is 0. The summed E-state index contributed by atoms with van der Waals surface area (Å²) in [5.41, 5.74) is 2.66. The Morgan fingerprint density at radius 3 is 2.28 bits per heavy atom. The molecule has 5 nitrogen and oxygen atoms in total. The van der Waals surface area contributed by atoms with Gasteiger partial charge in [-0.3, -0.25) is 8.98 Å². The van der Waals surface area contributed by atoms with Gasteiger partial charge in [-0.05, 0) is 61.9 Å². The van der Waals surface area contributed by atoms with E-state index in [1.807, 2.05) is 50.2 Å². The highest BCUT2D eigenvalue weighted by atomic mass is 32.2. The van der Waals surface area contributed by atoms with E-state index in [1.54, 1.807) is 31.2 Å². The molecule has 6 heteroatoms. The fraction of sp³-hybridized carbons (Fsp3) is 0.261. The molecule has 0 aliphatic carbocycles. The lowest BCUT2D eigenvalue weighted by molar-refractivity contribution is 0.101. The molecule has 29 heavy (non-hydrogen) atoms. The van der Waals surface area contributed by atoms with E-state index in [4.69, 9.17) is 4.18 Å². The van der Waals surface area contributed by atoms with Crippen LogP contribution in [0.15, 0.2) is 65.6 Å². The second kappa shape index (κ2) is 8.76. The molecule has 3 aromatic carbocycles. The van der Waals surface area contributed by atoms with Crippen molar-refractivity contribution >= 4 is 32.4 Å². The zero-order valence-corrected chi connectivity index (χ0v) is 17.7. The van der Waals surface area contributed by atoms with Crippen molar-refractivity contribution in [3.05, 3.63) is 71.8 Å². The average molecular weight is 412 g/mol. The maximum absolute atomic E-state index is 12.3. The summed E-state index contributed by atoms with van der Waals surface area (Å²) < 4.78 is 29.9. The molecule has 152 valence electrons. The van der Waals surface area contributed by atoms with E-state index in [1.165, 1.54) is 0 Å². The standard InChI is InChI=1S/C23H25NO4S/c1-4-24(13-14-28-29(26,27)23-11-5-17(2)6-12-23)22-10-9-20-15-19(18(3)25)7-8-21(20)16-22/h5-12,15-16H,4,13-14H2,1-3H3. The van der Waals surface area contributed by atoms with Crippen molar-refractivity contribution < 1.29 is 17.4 Å². The molecule has 0 saturated carbocycles. The average Bonchev–Trinajstić information content (AvgIpc) is 2.70. The van der Waals surface area contributed by atoms with E-state index in [0.717, 1.165) is 22.0 Å². The number of carbonyl (C=O) groups is 1. The third-order valence-electron chi connectivity index (χ3n) is 4.89. The van der Waals surface area contributed by atoms with E-state index in [0.29, 0.717) is 18.7 Å². The van der Waals surface area contributed by atoms with Gasteiger partial charge in [-0.25, -0.2) is 0 Å². The number of fused-ring (bicyclic) bond motifs is 1. The molecule has 0 radical (unpaired) electrons. The van der Waals surface area contributed by atoms with Gasteiger partial charge in [-0.2, -0.15) is 8.42 Å². The van der Waals surface area contributed by atoms with Gasteiger partial charge in [0.2, 0.25) is 0 Å². The Morgan fingerprint density at radius 1 is 0.966 bits per heavy atom. The van der Waals surface area contributed by atoms with Gasteiger partial charge in [0.25, 0.3) is 10.1 Å². The second-order valence-electron chi connectivity index (χ2n) is 6.97. The maximum Gasteiger partial charge on any atom is 0.297 e. The van der Waals surface area contributed by atoms with Crippen LogP contribution < -0.4 is 4.90 Å². The number of hydrogen-bond acceptors (Lipinski definition) is 5. The Bertz CT molecular complexity index is 1120. The minimum atomic E-state index is -3.77. The van der Waals surface area contributed by atoms with Crippen LogP contribution in [-0.4, -0.2) is 33.9 Å². The van der Waals surface area contributed by atoms with Gasteiger partial charge < -0.3 is 4.90 Å². The molecule has 0 aromatic heterocycles. The van der Waals surface area contributed by atoms with E-state index in [9.17, 15) is 13.2 Å². The molecule has 0 bridgehead atoms. The van der Waals surface area contributed by atoms with Crippen LogP contribution in [-0.2, 0) is 14.3 Å². The summed E-state index contributed by atoms with van der Waals surface area (Å²) in [6.07, 6.45) is 0. The van der Waals surface area contributed by atoms with Crippen molar-refractivity contribution in [2.24, 2.45) is 0 Å². The normalized spacial score (nSPS) is 11.6. The molecule has 0 atom stereocenters. The van der Waals surface area contributed by atoms with Crippen LogP contribution in [0.2, 0.25) is 0 Å². The molecule has 0 N–H and O–H groups in total. The summed E-state index contributed by atoms with van der Waals surface area (Å²) >= 11 is 0. The summed E-state index contributed by atoms with van der Waals surface area (Å²) in [6, 6.07) is 18.2. The third-order valence-corrected chi connectivity index (χ3v) is 6.21. The number of rotatable bonds is 8. The molecular formula is C23H25NO4S. The van der Waals surface area contributed by atoms with Crippen molar-refractivity contribution in [3.63, 3.8) is 0 Å². The molecule has 0 aliphatic rings. The Labute approximate surface area is 172 Å². The lowest BCUT2D eigenvalue weighted by Crippen LogP contribution is -2.28. The number of aryl methyl sites for hydroxylation is 1. The van der Waals surface area contributed by atoms with Crippen LogP contribution in [0, 0.1) is 6.92 Å². The highest BCUT2D eigenvalue weighted by molar-refractivity contribution is 7.86. The fourth-order valence-electron chi connectivity index (χ4n) is 3.15. The van der Waals surface area contributed by atoms with Crippen LogP contribution in [0.25, 0.3) is 10.8 Å². The lowest BCUT2D eigenvalue weighted by atomic mass is 10.0. The second-order valence-corrected chi connectivity index (χ2v) is 8.59. The summed E-state index contributed by atoms with van der Waals surface area (Å²) in [6.45, 7) is 6.69. The van der Waals surface area contributed by atoms with Crippen LogP contribution in [0.5, 0.6) is 0 Å². The summed E-state index contributed by atoms with van der Waals surface area (Å²) in [5.74, 6) is 0.0399. The van der Waals surface area contributed by atoms with Crippen molar-refractivity contribution in [3.8, 4) is 0 Å². The number of nitrogens with zero attached hydrogens (tertiary/aromatic N) is 1. The molecule has 0 fully saturated rings. The Morgan fingerprint density at radius 2 is 1.62 bits per heavy atom. The van der Waals surface area contributed by atoms with E-state index in [2.05, 4.69) is 4.90 Å². The highest BCUT2D eigenvalue weighted by Crippen LogP contribution is 2.24. The van der Waals surface area contributed by atoms with E-state index in [-0.39, 0.29) is 17.3 Å². The molecular weight excluding hydrogens is 386 g/mol. The highest BCUT2D eigenvalue weighted by Gasteiger charge is 2.15. The minimum Gasteiger partial charge on any atom is -0.369 e. The minimum absolute atomic E-state index is 0.0399. The van der Waals surface area contributed by atoms with Gasteiger partial charge in [0.1, 0.15) is 0 Å². The molecule has 0 spiro atoms. The Hall–Kier alpha value is -2.70. The monoisotopic (exact) mass is 411 g/mol. The van der Waals surface area contributed by atoms with Gasteiger partial charge in [0.15, 0.2) is 5.78 Å². The predicted octanol–water partition coefficient (Wildman–Crippen LogP) is 4.58.